The first-order valence-corrected chi connectivity index (χ1v) is 7.06. The van der Waals surface area contributed by atoms with Gasteiger partial charge in [-0.05, 0) is 37.0 Å². The van der Waals surface area contributed by atoms with E-state index in [-0.39, 0.29) is 28.8 Å². The molecule has 1 aromatic rings. The molecule has 1 aliphatic carbocycles. The summed E-state index contributed by atoms with van der Waals surface area (Å²) in [6.07, 6.45) is -2.58. The number of nitrogens with zero attached hydrogens (tertiary/aromatic N) is 1. The van der Waals surface area contributed by atoms with Gasteiger partial charge in [-0.3, -0.25) is 0 Å². The molecule has 0 radical (unpaired) electrons. The summed E-state index contributed by atoms with van der Waals surface area (Å²) >= 11 is 5.84. The summed E-state index contributed by atoms with van der Waals surface area (Å²) in [7, 11) is 0. The third-order valence-electron chi connectivity index (χ3n) is 3.65. The lowest BCUT2D eigenvalue weighted by Gasteiger charge is -2.33. The molecule has 118 valence electrons. The summed E-state index contributed by atoms with van der Waals surface area (Å²) in [5, 5.41) is 2.42. The molecule has 1 fully saturated rings. The third kappa shape index (κ3) is 2.70. The van der Waals surface area contributed by atoms with Crippen molar-refractivity contribution in [2.45, 2.75) is 24.6 Å². The second-order valence-electron chi connectivity index (χ2n) is 5.37. The highest BCUT2D eigenvalue weighted by Crippen LogP contribution is 2.46. The Morgan fingerprint density at radius 1 is 1.41 bits per heavy atom. The summed E-state index contributed by atoms with van der Waals surface area (Å²) < 4.78 is 46.6. The van der Waals surface area contributed by atoms with Crippen LogP contribution in [0.15, 0.2) is 23.2 Å². The predicted molar refractivity (Wildman–Crippen MR) is 75.4 cm³/mol. The lowest BCUT2D eigenvalue weighted by atomic mass is 9.92. The molecule has 1 saturated carbocycles. The van der Waals surface area contributed by atoms with E-state index >= 15 is 0 Å². The van der Waals surface area contributed by atoms with Gasteiger partial charge in [-0.15, -0.1) is 0 Å². The summed E-state index contributed by atoms with van der Waals surface area (Å²) in [5.41, 5.74) is -3.06. The van der Waals surface area contributed by atoms with Crippen molar-refractivity contribution in [3.63, 3.8) is 0 Å². The number of urea groups is 1. The molecule has 1 atom stereocenters. The number of benzene rings is 1. The van der Waals surface area contributed by atoms with E-state index in [2.05, 4.69) is 10.3 Å². The average Bonchev–Trinajstić information content (AvgIpc) is 3.24. The van der Waals surface area contributed by atoms with Crippen molar-refractivity contribution in [1.29, 1.82) is 0 Å². The van der Waals surface area contributed by atoms with Crippen LogP contribution in [-0.4, -0.2) is 25.0 Å². The topological polar surface area (TPSA) is 50.7 Å². The van der Waals surface area contributed by atoms with E-state index in [1.807, 2.05) is 0 Å². The first kappa shape index (κ1) is 15.3. The fourth-order valence-electron chi connectivity index (χ4n) is 2.26. The number of rotatable bonds is 3. The first-order chi connectivity index (χ1) is 10.3. The molecule has 2 aliphatic rings. The first-order valence-electron chi connectivity index (χ1n) is 6.69. The third-order valence-corrected chi connectivity index (χ3v) is 3.89. The van der Waals surface area contributed by atoms with Gasteiger partial charge in [-0.25, -0.2) is 9.79 Å². The van der Waals surface area contributed by atoms with Crippen molar-refractivity contribution >= 4 is 29.5 Å². The van der Waals surface area contributed by atoms with Gasteiger partial charge in [-0.1, -0.05) is 11.6 Å². The smallest absolute Gasteiger partial charge is 0.356 e. The maximum Gasteiger partial charge on any atom is 0.427 e. The second kappa shape index (κ2) is 5.24. The number of hydrogen-bond donors (Lipinski definition) is 1. The van der Waals surface area contributed by atoms with Crippen LogP contribution >= 0.6 is 11.6 Å². The van der Waals surface area contributed by atoms with Gasteiger partial charge in [0.25, 0.3) is 0 Å². The zero-order valence-corrected chi connectivity index (χ0v) is 12.0. The van der Waals surface area contributed by atoms with Crippen LogP contribution in [0.2, 0.25) is 5.02 Å². The number of ether oxygens (including phenoxy) is 1. The molecule has 0 bridgehead atoms. The van der Waals surface area contributed by atoms with Crippen LogP contribution in [0.4, 0.5) is 23.7 Å². The van der Waals surface area contributed by atoms with Crippen LogP contribution in [0.3, 0.4) is 0 Å². The zero-order valence-electron chi connectivity index (χ0n) is 11.3. The van der Waals surface area contributed by atoms with Gasteiger partial charge in [0.2, 0.25) is 5.60 Å². The second-order valence-corrected chi connectivity index (χ2v) is 5.80. The molecule has 2 amide bonds. The Labute approximate surface area is 129 Å². The molecule has 8 heteroatoms. The van der Waals surface area contributed by atoms with Crippen LogP contribution in [0, 0.1) is 5.92 Å². The fourth-order valence-corrected chi connectivity index (χ4v) is 2.43. The van der Waals surface area contributed by atoms with Crippen molar-refractivity contribution in [2.75, 3.05) is 11.9 Å². The van der Waals surface area contributed by atoms with E-state index in [1.165, 1.54) is 12.1 Å². The summed E-state index contributed by atoms with van der Waals surface area (Å²) in [4.78, 5) is 14.9. The van der Waals surface area contributed by atoms with Gasteiger partial charge in [0, 0.05) is 16.3 Å². The SMILES string of the molecule is O=C1N=C[C@@](OCC2CC2)(C(F)(F)F)c2cc(Cl)ccc2N1. The number of halogens is 4. The van der Waals surface area contributed by atoms with Crippen molar-refractivity contribution in [1.82, 2.24) is 0 Å². The van der Waals surface area contributed by atoms with E-state index in [9.17, 15) is 18.0 Å². The monoisotopic (exact) mass is 332 g/mol. The van der Waals surface area contributed by atoms with Crippen molar-refractivity contribution in [2.24, 2.45) is 10.9 Å². The minimum absolute atomic E-state index is 0.0139. The molecule has 0 spiro atoms. The highest BCUT2D eigenvalue weighted by Gasteiger charge is 2.59. The van der Waals surface area contributed by atoms with E-state index < -0.39 is 17.8 Å². The standard InChI is InChI=1S/C14H12ClF3N2O2/c15-9-3-4-11-10(5-9)13(14(16,17)18,7-19-12(21)20-11)22-6-8-1-2-8/h3-5,7-8H,1-2,6H2,(H,20,21)/t13-/m0/s1. The fraction of sp³-hybridized carbons (Fsp3) is 0.429. The Bertz CT molecular complexity index is 643. The van der Waals surface area contributed by atoms with E-state index in [0.29, 0.717) is 6.21 Å². The van der Waals surface area contributed by atoms with Crippen LogP contribution in [0.25, 0.3) is 0 Å². The predicted octanol–water partition coefficient (Wildman–Crippen LogP) is 4.14. The summed E-state index contributed by atoms with van der Waals surface area (Å²) in [6, 6.07) is 2.97. The number of carbonyl (C=O) groups excluding carboxylic acids is 1. The summed E-state index contributed by atoms with van der Waals surface area (Å²) in [5.74, 6) is 0.113. The molecule has 4 nitrogen and oxygen atoms in total. The van der Waals surface area contributed by atoms with Gasteiger partial charge in [0.15, 0.2) is 0 Å². The molecule has 1 aromatic carbocycles. The number of nitrogens with one attached hydrogen (secondary N) is 1. The maximum absolute atomic E-state index is 13.8. The van der Waals surface area contributed by atoms with Crippen molar-refractivity contribution < 1.29 is 22.7 Å². The van der Waals surface area contributed by atoms with Gasteiger partial charge in [0.1, 0.15) is 0 Å². The van der Waals surface area contributed by atoms with E-state index in [0.717, 1.165) is 18.9 Å². The molecular formula is C14H12ClF3N2O2. The van der Waals surface area contributed by atoms with Gasteiger partial charge in [0.05, 0.1) is 12.8 Å². The Morgan fingerprint density at radius 3 is 2.77 bits per heavy atom. The molecule has 3 rings (SSSR count). The number of carbonyl (C=O) groups is 1. The minimum Gasteiger partial charge on any atom is -0.356 e. The van der Waals surface area contributed by atoms with Gasteiger partial charge < -0.3 is 10.1 Å². The largest absolute Gasteiger partial charge is 0.427 e. The highest BCUT2D eigenvalue weighted by atomic mass is 35.5. The molecule has 1 N–H and O–H groups in total. The average molecular weight is 333 g/mol. The maximum atomic E-state index is 13.8. The van der Waals surface area contributed by atoms with E-state index in [4.69, 9.17) is 16.3 Å². The van der Waals surface area contributed by atoms with Gasteiger partial charge >= 0.3 is 12.2 Å². The molecule has 1 heterocycles. The van der Waals surface area contributed by atoms with Crippen LogP contribution in [0.1, 0.15) is 18.4 Å². The molecule has 22 heavy (non-hydrogen) atoms. The number of amides is 2. The lowest BCUT2D eigenvalue weighted by Crippen LogP contribution is -2.47. The number of anilines is 1. The van der Waals surface area contributed by atoms with Crippen LogP contribution < -0.4 is 5.32 Å². The quantitative estimate of drug-likeness (QED) is 0.904. The number of alkyl halides is 3. The Morgan fingerprint density at radius 2 is 2.14 bits per heavy atom. The minimum atomic E-state index is -4.78. The lowest BCUT2D eigenvalue weighted by molar-refractivity contribution is -0.252. The number of aliphatic imine (C=N–C) groups is 1. The van der Waals surface area contributed by atoms with Crippen LogP contribution in [-0.2, 0) is 10.3 Å². The van der Waals surface area contributed by atoms with Crippen molar-refractivity contribution in [3.05, 3.63) is 28.8 Å². The molecule has 0 unspecified atom stereocenters. The molecule has 1 aliphatic heterocycles. The molecular weight excluding hydrogens is 321 g/mol. The Balaban J connectivity index is 2.14. The normalized spacial score (nSPS) is 24.6. The molecule has 0 saturated heterocycles. The Hall–Kier alpha value is -1.60. The highest BCUT2D eigenvalue weighted by molar-refractivity contribution is 6.30. The van der Waals surface area contributed by atoms with Crippen molar-refractivity contribution in [3.8, 4) is 0 Å². The number of fused-ring (bicyclic) bond motifs is 1. The zero-order chi connectivity index (χ0) is 16.0. The molecule has 0 aromatic heterocycles. The Kier molecular flexibility index (Phi) is 3.65. The number of hydrogen-bond acceptors (Lipinski definition) is 2. The van der Waals surface area contributed by atoms with Gasteiger partial charge in [-0.2, -0.15) is 13.2 Å². The summed E-state index contributed by atoms with van der Waals surface area (Å²) in [6.45, 7) is -0.0499. The van der Waals surface area contributed by atoms with Crippen LogP contribution in [0.5, 0.6) is 0 Å². The van der Waals surface area contributed by atoms with E-state index in [1.54, 1.807) is 0 Å².